The molecule has 0 saturated heterocycles. The van der Waals surface area contributed by atoms with Crippen molar-refractivity contribution in [1.82, 2.24) is 0 Å². The quantitative estimate of drug-likeness (QED) is 0.729. The summed E-state index contributed by atoms with van der Waals surface area (Å²) in [6.45, 7) is 0. The molecule has 0 radical (unpaired) electrons. The highest BCUT2D eigenvalue weighted by Gasteiger charge is 2.33. The number of alkyl halides is 3. The zero-order valence-electron chi connectivity index (χ0n) is 13.7. The van der Waals surface area contributed by atoms with Gasteiger partial charge in [0.05, 0.1) is 17.2 Å². The Hall–Kier alpha value is -3.20. The Morgan fingerprint density at radius 2 is 1.77 bits per heavy atom. The van der Waals surface area contributed by atoms with Crippen molar-refractivity contribution in [3.63, 3.8) is 0 Å². The first-order valence-corrected chi connectivity index (χ1v) is 7.98. The fraction of sp³-hybridized carbons (Fsp3) is 0.150. The van der Waals surface area contributed by atoms with Crippen LogP contribution in [0, 0.1) is 11.3 Å². The third kappa shape index (κ3) is 4.25. The molecule has 1 N–H and O–H groups in total. The summed E-state index contributed by atoms with van der Waals surface area (Å²) >= 11 is 0. The summed E-state index contributed by atoms with van der Waals surface area (Å²) in [7, 11) is 0. The zero-order chi connectivity index (χ0) is 18.6. The van der Waals surface area contributed by atoms with Gasteiger partial charge in [-0.25, -0.2) is 0 Å². The van der Waals surface area contributed by atoms with Crippen LogP contribution in [0.15, 0.2) is 66.4 Å². The molecule has 26 heavy (non-hydrogen) atoms. The van der Waals surface area contributed by atoms with Crippen molar-refractivity contribution < 1.29 is 17.9 Å². The SMILES string of the molecule is N#Cc1cc(Oc2ccc(NC3=CC=CCC3)cc2)ccc1C(F)(F)F. The Bertz CT molecular complexity index is 891. The molecule has 0 saturated carbocycles. The van der Waals surface area contributed by atoms with E-state index in [9.17, 15) is 13.2 Å². The van der Waals surface area contributed by atoms with Crippen molar-refractivity contribution in [2.24, 2.45) is 0 Å². The number of anilines is 1. The smallest absolute Gasteiger partial charge is 0.417 e. The molecule has 1 aliphatic rings. The van der Waals surface area contributed by atoms with Crippen LogP contribution in [-0.2, 0) is 6.18 Å². The van der Waals surface area contributed by atoms with E-state index < -0.39 is 17.3 Å². The molecule has 0 heterocycles. The van der Waals surface area contributed by atoms with Gasteiger partial charge in [-0.1, -0.05) is 12.2 Å². The summed E-state index contributed by atoms with van der Waals surface area (Å²) in [5.41, 5.74) is 0.568. The van der Waals surface area contributed by atoms with Crippen molar-refractivity contribution in [2.75, 3.05) is 5.32 Å². The summed E-state index contributed by atoms with van der Waals surface area (Å²) in [6.07, 6.45) is 3.48. The highest BCUT2D eigenvalue weighted by molar-refractivity contribution is 5.52. The predicted molar refractivity (Wildman–Crippen MR) is 92.8 cm³/mol. The molecule has 0 atom stereocenters. The molecular formula is C20H15F3N2O. The van der Waals surface area contributed by atoms with Crippen LogP contribution in [-0.4, -0.2) is 0 Å². The van der Waals surface area contributed by atoms with Crippen LogP contribution in [0.4, 0.5) is 18.9 Å². The van der Waals surface area contributed by atoms with Gasteiger partial charge in [-0.3, -0.25) is 0 Å². The normalized spacial score (nSPS) is 13.7. The number of rotatable bonds is 4. The second-order valence-corrected chi connectivity index (χ2v) is 5.73. The van der Waals surface area contributed by atoms with E-state index in [1.165, 1.54) is 6.07 Å². The molecule has 0 aliphatic heterocycles. The van der Waals surface area contributed by atoms with E-state index in [2.05, 4.69) is 11.4 Å². The number of nitrogens with one attached hydrogen (secondary N) is 1. The average Bonchev–Trinajstić information content (AvgIpc) is 2.63. The first-order chi connectivity index (χ1) is 12.5. The summed E-state index contributed by atoms with van der Waals surface area (Å²) in [4.78, 5) is 0. The Kier molecular flexibility index (Phi) is 4.99. The van der Waals surface area contributed by atoms with E-state index in [1.807, 2.05) is 24.3 Å². The number of hydrogen-bond donors (Lipinski definition) is 1. The van der Waals surface area contributed by atoms with Crippen molar-refractivity contribution in [3.05, 3.63) is 77.5 Å². The summed E-state index contributed by atoms with van der Waals surface area (Å²) < 4.78 is 44.0. The van der Waals surface area contributed by atoms with Crippen LogP contribution >= 0.6 is 0 Å². The van der Waals surface area contributed by atoms with E-state index >= 15 is 0 Å². The van der Waals surface area contributed by atoms with Crippen LogP contribution < -0.4 is 10.1 Å². The van der Waals surface area contributed by atoms with E-state index in [0.717, 1.165) is 36.4 Å². The monoisotopic (exact) mass is 356 g/mol. The van der Waals surface area contributed by atoms with E-state index in [0.29, 0.717) is 5.75 Å². The maximum Gasteiger partial charge on any atom is 0.417 e. The fourth-order valence-corrected chi connectivity index (χ4v) is 2.56. The van der Waals surface area contributed by atoms with Crippen LogP contribution in [0.3, 0.4) is 0 Å². The Morgan fingerprint density at radius 3 is 2.38 bits per heavy atom. The standard InChI is InChI=1S/C20H15F3N2O/c21-20(22,23)19-11-10-18(12-14(19)13-24)26-17-8-6-16(7-9-17)25-15-4-2-1-3-5-15/h1-2,4,6-12,25H,3,5H2. The average molecular weight is 356 g/mol. The van der Waals surface area contributed by atoms with E-state index in [-0.39, 0.29) is 5.75 Å². The molecule has 1 aliphatic carbocycles. The molecule has 132 valence electrons. The first kappa shape index (κ1) is 17.6. The van der Waals surface area contributed by atoms with Gasteiger partial charge in [0, 0.05) is 11.4 Å². The molecule has 0 bridgehead atoms. The molecule has 2 aromatic carbocycles. The predicted octanol–water partition coefficient (Wildman–Crippen LogP) is 6.02. The molecule has 2 aromatic rings. The number of nitrogens with zero attached hydrogens (tertiary/aromatic N) is 1. The number of benzene rings is 2. The van der Waals surface area contributed by atoms with E-state index in [1.54, 1.807) is 18.2 Å². The second-order valence-electron chi connectivity index (χ2n) is 5.73. The molecule has 3 rings (SSSR count). The molecule has 0 amide bonds. The molecular weight excluding hydrogens is 341 g/mol. The first-order valence-electron chi connectivity index (χ1n) is 7.98. The number of ether oxygens (including phenoxy) is 1. The highest BCUT2D eigenvalue weighted by atomic mass is 19.4. The van der Waals surface area contributed by atoms with Crippen LogP contribution in [0.25, 0.3) is 0 Å². The molecule has 3 nitrogen and oxygen atoms in total. The molecule has 0 aromatic heterocycles. The molecule has 6 heteroatoms. The van der Waals surface area contributed by atoms with Gasteiger partial charge >= 0.3 is 6.18 Å². The highest BCUT2D eigenvalue weighted by Crippen LogP contribution is 2.34. The lowest BCUT2D eigenvalue weighted by Gasteiger charge is -2.13. The van der Waals surface area contributed by atoms with Gasteiger partial charge in [-0.05, 0) is 61.4 Å². The number of nitriles is 1. The molecule has 0 fully saturated rings. The third-order valence-electron chi connectivity index (χ3n) is 3.83. The Morgan fingerprint density at radius 1 is 1.04 bits per heavy atom. The maximum atomic E-state index is 12.8. The Labute approximate surface area is 149 Å². The second kappa shape index (κ2) is 7.36. The van der Waals surface area contributed by atoms with Crippen LogP contribution in [0.1, 0.15) is 24.0 Å². The van der Waals surface area contributed by atoms with Gasteiger partial charge in [0.25, 0.3) is 0 Å². The minimum absolute atomic E-state index is 0.176. The van der Waals surface area contributed by atoms with Crippen LogP contribution in [0.2, 0.25) is 0 Å². The number of halogens is 3. The largest absolute Gasteiger partial charge is 0.457 e. The minimum atomic E-state index is -4.57. The van der Waals surface area contributed by atoms with Gasteiger partial charge in [0.15, 0.2) is 0 Å². The topological polar surface area (TPSA) is 45.0 Å². The van der Waals surface area contributed by atoms with E-state index in [4.69, 9.17) is 10.00 Å². The van der Waals surface area contributed by atoms with Gasteiger partial charge in [0.2, 0.25) is 0 Å². The van der Waals surface area contributed by atoms with Gasteiger partial charge in [-0.2, -0.15) is 18.4 Å². The van der Waals surface area contributed by atoms with Crippen LogP contribution in [0.5, 0.6) is 11.5 Å². The number of hydrogen-bond acceptors (Lipinski definition) is 3. The lowest BCUT2D eigenvalue weighted by Crippen LogP contribution is -2.07. The summed E-state index contributed by atoms with van der Waals surface area (Å²) in [5.74, 6) is 0.645. The van der Waals surface area contributed by atoms with Gasteiger partial charge in [0.1, 0.15) is 11.5 Å². The summed E-state index contributed by atoms with van der Waals surface area (Å²) in [5, 5.41) is 12.2. The van der Waals surface area contributed by atoms with Crippen molar-refractivity contribution in [2.45, 2.75) is 19.0 Å². The fourth-order valence-electron chi connectivity index (χ4n) is 2.56. The van der Waals surface area contributed by atoms with Crippen molar-refractivity contribution in [3.8, 4) is 17.6 Å². The van der Waals surface area contributed by atoms with Crippen molar-refractivity contribution in [1.29, 1.82) is 5.26 Å². The third-order valence-corrected chi connectivity index (χ3v) is 3.83. The Balaban J connectivity index is 1.72. The minimum Gasteiger partial charge on any atom is -0.457 e. The number of allylic oxidation sites excluding steroid dienone is 4. The zero-order valence-corrected chi connectivity index (χ0v) is 13.7. The summed E-state index contributed by atoms with van der Waals surface area (Å²) in [6, 6.07) is 11.8. The van der Waals surface area contributed by atoms with Gasteiger partial charge in [-0.15, -0.1) is 0 Å². The molecule has 0 spiro atoms. The lowest BCUT2D eigenvalue weighted by molar-refractivity contribution is -0.137. The molecule has 0 unspecified atom stereocenters. The maximum absolute atomic E-state index is 12.8. The lowest BCUT2D eigenvalue weighted by atomic mass is 10.1. The van der Waals surface area contributed by atoms with Gasteiger partial charge < -0.3 is 10.1 Å². The van der Waals surface area contributed by atoms with Crippen molar-refractivity contribution >= 4 is 5.69 Å².